The largest absolute Gasteiger partial charge is 0.345 e. The molecule has 0 atom stereocenters. The summed E-state index contributed by atoms with van der Waals surface area (Å²) in [5, 5.41) is 0. The van der Waals surface area contributed by atoms with Gasteiger partial charge in [-0.1, -0.05) is 91.0 Å². The summed E-state index contributed by atoms with van der Waals surface area (Å²) in [6.45, 7) is 0. The highest BCUT2D eigenvalue weighted by Crippen LogP contribution is 2.35. The van der Waals surface area contributed by atoms with Crippen molar-refractivity contribution in [2.45, 2.75) is 0 Å². The van der Waals surface area contributed by atoms with Gasteiger partial charge < -0.3 is 9.80 Å². The van der Waals surface area contributed by atoms with Crippen LogP contribution in [0.15, 0.2) is 152 Å². The lowest BCUT2D eigenvalue weighted by atomic mass is 10.1. The van der Waals surface area contributed by atoms with Gasteiger partial charge in [-0.05, 0) is 60.7 Å². The normalized spacial score (nSPS) is 9.97. The summed E-state index contributed by atoms with van der Waals surface area (Å²) in [7, 11) is 2.09. The fourth-order valence-corrected chi connectivity index (χ4v) is 3.61. The minimum absolute atomic E-state index is 1.14. The van der Waals surface area contributed by atoms with Crippen molar-refractivity contribution in [3.63, 3.8) is 0 Å². The van der Waals surface area contributed by atoms with Gasteiger partial charge in [-0.25, -0.2) is 0 Å². The Kier molecular flexibility index (Phi) is 7.54. The maximum absolute atomic E-state index is 2.27. The van der Waals surface area contributed by atoms with E-state index in [0.717, 1.165) is 22.7 Å². The maximum Gasteiger partial charge on any atom is 0.0463 e. The molecule has 0 saturated heterocycles. The second kappa shape index (κ2) is 11.4. The first-order chi connectivity index (χ1) is 16.3. The number of benzene rings is 5. The van der Waals surface area contributed by atoms with E-state index in [1.165, 1.54) is 5.69 Å². The van der Waals surface area contributed by atoms with E-state index in [1.54, 1.807) is 0 Å². The molecular formula is C31H28N2. The Morgan fingerprint density at radius 3 is 0.939 bits per heavy atom. The van der Waals surface area contributed by atoms with Crippen molar-refractivity contribution in [2.24, 2.45) is 0 Å². The van der Waals surface area contributed by atoms with E-state index in [1.807, 2.05) is 54.6 Å². The first-order valence-corrected chi connectivity index (χ1v) is 11.1. The highest BCUT2D eigenvalue weighted by Gasteiger charge is 2.12. The second-order valence-electron chi connectivity index (χ2n) is 7.57. The molecule has 0 aliphatic rings. The van der Waals surface area contributed by atoms with Crippen LogP contribution in [0.1, 0.15) is 0 Å². The molecule has 0 radical (unpaired) electrons. The monoisotopic (exact) mass is 428 g/mol. The van der Waals surface area contributed by atoms with Gasteiger partial charge in [-0.2, -0.15) is 0 Å². The molecule has 2 nitrogen and oxygen atoms in total. The number of hydrogen-bond acceptors (Lipinski definition) is 2. The molecule has 0 bridgehead atoms. The Bertz CT molecular complexity index is 1120. The van der Waals surface area contributed by atoms with Gasteiger partial charge >= 0.3 is 0 Å². The fraction of sp³-hybridized carbons (Fsp3) is 0.0323. The van der Waals surface area contributed by atoms with Crippen molar-refractivity contribution >= 4 is 28.4 Å². The molecule has 0 N–H and O–H groups in total. The van der Waals surface area contributed by atoms with Crippen molar-refractivity contribution in [1.29, 1.82) is 0 Å². The average molecular weight is 429 g/mol. The van der Waals surface area contributed by atoms with E-state index in [9.17, 15) is 0 Å². The molecule has 5 rings (SSSR count). The zero-order chi connectivity index (χ0) is 22.7. The highest BCUT2D eigenvalue weighted by atomic mass is 15.1. The van der Waals surface area contributed by atoms with E-state index in [-0.39, 0.29) is 0 Å². The Labute approximate surface area is 197 Å². The quantitative estimate of drug-likeness (QED) is 0.276. The smallest absolute Gasteiger partial charge is 0.0463 e. The lowest BCUT2D eigenvalue weighted by Crippen LogP contribution is -2.11. The summed E-state index contributed by atoms with van der Waals surface area (Å²) < 4.78 is 0. The van der Waals surface area contributed by atoms with E-state index >= 15 is 0 Å². The van der Waals surface area contributed by atoms with Gasteiger partial charge in [-0.15, -0.1) is 0 Å². The lowest BCUT2D eigenvalue weighted by molar-refractivity contribution is 1.20. The topological polar surface area (TPSA) is 6.48 Å². The molecule has 0 amide bonds. The van der Waals surface area contributed by atoms with Gasteiger partial charge in [0.1, 0.15) is 0 Å². The van der Waals surface area contributed by atoms with E-state index < -0.39 is 0 Å². The highest BCUT2D eigenvalue weighted by molar-refractivity contribution is 5.77. The third-order valence-corrected chi connectivity index (χ3v) is 5.33. The SMILES string of the molecule is CN(c1ccccc1)c1ccc(N(c2ccccc2)c2ccccc2)cc1.c1ccccc1. The van der Waals surface area contributed by atoms with Crippen LogP contribution in [0.4, 0.5) is 28.4 Å². The molecule has 0 aliphatic heterocycles. The van der Waals surface area contributed by atoms with Crippen LogP contribution in [0.2, 0.25) is 0 Å². The fourth-order valence-electron chi connectivity index (χ4n) is 3.61. The molecular weight excluding hydrogens is 400 g/mol. The average Bonchev–Trinajstić information content (AvgIpc) is 2.92. The van der Waals surface area contributed by atoms with Crippen molar-refractivity contribution in [3.8, 4) is 0 Å². The third-order valence-electron chi connectivity index (χ3n) is 5.33. The van der Waals surface area contributed by atoms with E-state index in [4.69, 9.17) is 0 Å². The molecule has 0 spiro atoms. The number of hydrogen-bond donors (Lipinski definition) is 0. The van der Waals surface area contributed by atoms with Crippen LogP contribution in [-0.4, -0.2) is 7.05 Å². The third kappa shape index (κ3) is 5.90. The summed E-state index contributed by atoms with van der Waals surface area (Å²) in [5.74, 6) is 0. The summed E-state index contributed by atoms with van der Waals surface area (Å²) in [6, 6.07) is 52.0. The summed E-state index contributed by atoms with van der Waals surface area (Å²) in [6.07, 6.45) is 0. The van der Waals surface area contributed by atoms with Crippen LogP contribution < -0.4 is 9.80 Å². The molecule has 0 fully saturated rings. The first kappa shape index (κ1) is 21.9. The second-order valence-corrected chi connectivity index (χ2v) is 7.57. The van der Waals surface area contributed by atoms with Crippen LogP contribution in [0.3, 0.4) is 0 Å². The van der Waals surface area contributed by atoms with Crippen LogP contribution >= 0.6 is 0 Å². The molecule has 5 aromatic carbocycles. The molecule has 0 heterocycles. The van der Waals surface area contributed by atoms with E-state index in [0.29, 0.717) is 0 Å². The summed E-state index contributed by atoms with van der Waals surface area (Å²) in [4.78, 5) is 4.46. The Morgan fingerprint density at radius 1 is 0.303 bits per heavy atom. The molecule has 0 aliphatic carbocycles. The summed E-state index contributed by atoms with van der Waals surface area (Å²) in [5.41, 5.74) is 5.76. The van der Waals surface area contributed by atoms with Gasteiger partial charge in [-0.3, -0.25) is 0 Å². The molecule has 33 heavy (non-hydrogen) atoms. The molecule has 5 aromatic rings. The first-order valence-electron chi connectivity index (χ1n) is 11.1. The van der Waals surface area contributed by atoms with Crippen molar-refractivity contribution in [1.82, 2.24) is 0 Å². The molecule has 162 valence electrons. The predicted molar refractivity (Wildman–Crippen MR) is 142 cm³/mol. The van der Waals surface area contributed by atoms with Gasteiger partial charge in [0.15, 0.2) is 0 Å². The maximum atomic E-state index is 2.27. The van der Waals surface area contributed by atoms with Gasteiger partial charge in [0.2, 0.25) is 0 Å². The predicted octanol–water partition coefficient (Wildman–Crippen LogP) is 8.61. The van der Waals surface area contributed by atoms with Crippen LogP contribution in [0.25, 0.3) is 0 Å². The van der Waals surface area contributed by atoms with Gasteiger partial charge in [0.05, 0.1) is 0 Å². The Hall–Kier alpha value is -4.30. The minimum atomic E-state index is 1.14. The Morgan fingerprint density at radius 2 is 0.545 bits per heavy atom. The van der Waals surface area contributed by atoms with Crippen LogP contribution in [0.5, 0.6) is 0 Å². The number of para-hydroxylation sites is 3. The number of rotatable bonds is 5. The van der Waals surface area contributed by atoms with Crippen LogP contribution in [-0.2, 0) is 0 Å². The summed E-state index contributed by atoms with van der Waals surface area (Å²) >= 11 is 0. The number of anilines is 5. The Balaban J connectivity index is 0.000000376. The molecule has 2 heteroatoms. The minimum Gasteiger partial charge on any atom is -0.345 e. The zero-order valence-corrected chi connectivity index (χ0v) is 18.8. The zero-order valence-electron chi connectivity index (χ0n) is 18.8. The lowest BCUT2D eigenvalue weighted by Gasteiger charge is -2.26. The van der Waals surface area contributed by atoms with Crippen molar-refractivity contribution < 1.29 is 0 Å². The number of nitrogens with zero attached hydrogens (tertiary/aromatic N) is 2. The van der Waals surface area contributed by atoms with Gasteiger partial charge in [0.25, 0.3) is 0 Å². The molecule has 0 saturated carbocycles. The van der Waals surface area contributed by atoms with Crippen molar-refractivity contribution in [3.05, 3.63) is 152 Å². The van der Waals surface area contributed by atoms with Crippen LogP contribution in [0, 0.1) is 0 Å². The van der Waals surface area contributed by atoms with E-state index in [2.05, 4.69) is 114 Å². The van der Waals surface area contributed by atoms with Gasteiger partial charge in [0, 0.05) is 35.5 Å². The molecule has 0 aromatic heterocycles. The molecule has 0 unspecified atom stereocenters. The van der Waals surface area contributed by atoms with Crippen molar-refractivity contribution in [2.75, 3.05) is 16.8 Å². The standard InChI is InChI=1S/C25H22N2.C6H6/c1-26(21-11-5-2-6-12-21)22-17-19-25(20-18-22)27(23-13-7-3-8-14-23)24-15-9-4-10-16-24;1-2-4-6-5-3-1/h2-20H,1H3;1-6H.